The molecular formula is C40H51N5O7S2. The highest BCUT2D eigenvalue weighted by Crippen LogP contribution is 2.34. The molecule has 54 heavy (non-hydrogen) atoms. The number of nitrogens with one attached hydrogen (secondary N) is 2. The number of carbonyl (C=O) groups excluding carboxylic acids is 1. The number of thiazole rings is 1. The molecule has 290 valence electrons. The van der Waals surface area contributed by atoms with Crippen molar-refractivity contribution in [3.8, 4) is 0 Å². The number of fused-ring (bicyclic) bond motifs is 2. The van der Waals surface area contributed by atoms with Crippen LogP contribution in [0.2, 0.25) is 0 Å². The quantitative estimate of drug-likeness (QED) is 0.142. The van der Waals surface area contributed by atoms with Crippen LogP contribution in [-0.4, -0.2) is 104 Å². The lowest BCUT2D eigenvalue weighted by atomic mass is 10.0. The van der Waals surface area contributed by atoms with Gasteiger partial charge in [0.2, 0.25) is 10.0 Å². The number of likely N-dealkylation sites (tertiary alicyclic amines) is 1. The van der Waals surface area contributed by atoms with Crippen LogP contribution < -0.4 is 10.6 Å². The van der Waals surface area contributed by atoms with Gasteiger partial charge in [-0.15, -0.1) is 0 Å². The number of piperidine rings is 1. The van der Waals surface area contributed by atoms with Gasteiger partial charge in [0.05, 0.1) is 46.4 Å². The normalized spacial score (nSPS) is 22.1. The summed E-state index contributed by atoms with van der Waals surface area (Å²) in [5, 5.41) is 18.9. The van der Waals surface area contributed by atoms with Crippen LogP contribution >= 0.6 is 11.3 Å². The average molecular weight is 778 g/mol. The zero-order valence-corrected chi connectivity index (χ0v) is 32.5. The Hall–Kier alpha value is -3.63. The number of aliphatic hydroxyl groups is 1. The summed E-state index contributed by atoms with van der Waals surface area (Å²) in [5.74, 6) is -0.0606. The number of ether oxygens (including phenoxy) is 3. The van der Waals surface area contributed by atoms with E-state index in [1.54, 1.807) is 18.2 Å². The number of anilines is 1. The van der Waals surface area contributed by atoms with Gasteiger partial charge in [-0.25, -0.2) is 18.2 Å². The third kappa shape index (κ3) is 9.59. The van der Waals surface area contributed by atoms with Crippen molar-refractivity contribution in [2.45, 2.75) is 81.6 Å². The fourth-order valence-corrected chi connectivity index (χ4v) is 10.3. The van der Waals surface area contributed by atoms with Gasteiger partial charge < -0.3 is 30.0 Å². The third-order valence-electron chi connectivity index (χ3n) is 10.4. The Balaban J connectivity index is 1.02. The fraction of sp³-hybridized carbons (Fsp3) is 0.500. The van der Waals surface area contributed by atoms with Crippen molar-refractivity contribution < 1.29 is 32.5 Å². The van der Waals surface area contributed by atoms with Crippen LogP contribution in [0.4, 0.5) is 9.93 Å². The monoisotopic (exact) mass is 777 g/mol. The number of rotatable bonds is 15. The molecule has 5 unspecified atom stereocenters. The molecule has 0 aliphatic carbocycles. The molecule has 3 fully saturated rings. The molecule has 4 aromatic rings. The summed E-state index contributed by atoms with van der Waals surface area (Å²) in [6, 6.07) is 24.5. The summed E-state index contributed by atoms with van der Waals surface area (Å²) in [7, 11) is -4.04. The van der Waals surface area contributed by atoms with Gasteiger partial charge in [0.25, 0.3) is 0 Å². The maximum Gasteiger partial charge on any atom is 0.407 e. The van der Waals surface area contributed by atoms with Gasteiger partial charge >= 0.3 is 6.09 Å². The van der Waals surface area contributed by atoms with Gasteiger partial charge in [-0.2, -0.15) is 4.31 Å². The summed E-state index contributed by atoms with van der Waals surface area (Å²) in [5.41, 5.74) is 2.93. The first-order valence-corrected chi connectivity index (χ1v) is 21.2. The van der Waals surface area contributed by atoms with E-state index in [9.17, 15) is 18.3 Å². The molecule has 1 aromatic heterocycles. The minimum atomic E-state index is -4.04. The second kappa shape index (κ2) is 17.4. The van der Waals surface area contributed by atoms with E-state index in [0.29, 0.717) is 12.6 Å². The Labute approximate surface area is 321 Å². The van der Waals surface area contributed by atoms with Crippen LogP contribution in [0, 0.1) is 11.8 Å². The molecule has 0 spiro atoms. The number of aliphatic hydroxyl groups excluding tert-OH is 1. The Morgan fingerprint density at radius 2 is 1.72 bits per heavy atom. The van der Waals surface area contributed by atoms with Crippen molar-refractivity contribution in [1.29, 1.82) is 0 Å². The first-order chi connectivity index (χ1) is 26.1. The minimum absolute atomic E-state index is 0.0246. The van der Waals surface area contributed by atoms with Crippen molar-refractivity contribution in [2.24, 2.45) is 11.8 Å². The molecule has 0 radical (unpaired) electrons. The van der Waals surface area contributed by atoms with Crippen LogP contribution in [0.3, 0.4) is 0 Å². The molecule has 1 amide bonds. The Bertz CT molecular complexity index is 1940. The number of hydrogen-bond donors (Lipinski definition) is 3. The first kappa shape index (κ1) is 38.6. The highest BCUT2D eigenvalue weighted by atomic mass is 32.2. The maximum absolute atomic E-state index is 14.3. The second-order valence-electron chi connectivity index (χ2n) is 15.0. The molecule has 4 heterocycles. The molecule has 12 nitrogen and oxygen atoms in total. The van der Waals surface area contributed by atoms with Crippen molar-refractivity contribution in [2.75, 3.05) is 44.7 Å². The SMILES string of the molecule is CC(C)CN(CC(O)C(Cc1ccccc1)NC(=O)OC1COC2OCCC12)S(=O)(=O)c1ccc2nc(NC3CCN(Cc4ccccc4)CC3)sc2c1. The van der Waals surface area contributed by atoms with E-state index < -0.39 is 34.4 Å². The van der Waals surface area contributed by atoms with Crippen LogP contribution in [0.25, 0.3) is 10.2 Å². The molecule has 3 saturated heterocycles. The van der Waals surface area contributed by atoms with E-state index in [-0.39, 0.29) is 49.1 Å². The standard InChI is InChI=1S/C40H51N5O7S2/c1-27(2)23-45(25-35(46)34(21-28-9-5-3-6-10-28)43-40(47)52-36-26-51-38-32(36)17-20-50-38)54(48,49)31-13-14-33-37(22-31)53-39(42-33)41-30-15-18-44(19-16-30)24-29-11-7-4-8-12-29/h3-14,22,27,30,32,34-36,38,46H,15-21,23-26H2,1-2H3,(H,41,42)(H,43,47). The topological polar surface area (TPSA) is 143 Å². The Kier molecular flexibility index (Phi) is 12.5. The first-order valence-electron chi connectivity index (χ1n) is 19.0. The molecule has 5 atom stereocenters. The average Bonchev–Trinajstić information content (AvgIpc) is 3.89. The van der Waals surface area contributed by atoms with Gasteiger partial charge in [-0.3, -0.25) is 4.90 Å². The zero-order chi connectivity index (χ0) is 37.7. The van der Waals surface area contributed by atoms with E-state index >= 15 is 0 Å². The number of aromatic nitrogens is 1. The van der Waals surface area contributed by atoms with E-state index in [2.05, 4.69) is 39.8 Å². The fourth-order valence-electron chi connectivity index (χ4n) is 7.56. The largest absolute Gasteiger partial charge is 0.443 e. The lowest BCUT2D eigenvalue weighted by molar-refractivity contribution is -0.0907. The van der Waals surface area contributed by atoms with Crippen molar-refractivity contribution >= 4 is 42.8 Å². The number of sulfonamides is 1. The van der Waals surface area contributed by atoms with Crippen LogP contribution in [0.5, 0.6) is 0 Å². The second-order valence-corrected chi connectivity index (χ2v) is 18.0. The smallest absolute Gasteiger partial charge is 0.407 e. The van der Waals surface area contributed by atoms with Crippen LogP contribution in [0.15, 0.2) is 83.8 Å². The van der Waals surface area contributed by atoms with Gasteiger partial charge in [-0.05, 0) is 60.9 Å². The molecule has 0 bridgehead atoms. The summed E-state index contributed by atoms with van der Waals surface area (Å²) < 4.78 is 47.7. The van der Waals surface area contributed by atoms with Gasteiger partial charge in [0, 0.05) is 38.8 Å². The molecule has 7 rings (SSSR count). The molecule has 3 aliphatic rings. The maximum atomic E-state index is 14.3. The highest BCUT2D eigenvalue weighted by Gasteiger charge is 2.44. The van der Waals surface area contributed by atoms with Crippen LogP contribution in [0.1, 0.15) is 44.2 Å². The van der Waals surface area contributed by atoms with Gasteiger partial charge in [-0.1, -0.05) is 85.8 Å². The summed E-state index contributed by atoms with van der Waals surface area (Å²) in [4.78, 5) is 20.6. The van der Waals surface area contributed by atoms with Crippen molar-refractivity contribution in [3.63, 3.8) is 0 Å². The summed E-state index contributed by atoms with van der Waals surface area (Å²) in [6.07, 6.45) is 0.250. The number of amides is 1. The zero-order valence-electron chi connectivity index (χ0n) is 30.9. The lowest BCUT2D eigenvalue weighted by Crippen LogP contribution is -2.51. The molecule has 3 N–H and O–H groups in total. The van der Waals surface area contributed by atoms with E-state index in [1.807, 2.05) is 50.2 Å². The molecule has 0 saturated carbocycles. The van der Waals surface area contributed by atoms with E-state index in [4.69, 9.17) is 19.2 Å². The van der Waals surface area contributed by atoms with Crippen LogP contribution in [-0.2, 0) is 37.2 Å². The Morgan fingerprint density at radius 3 is 2.44 bits per heavy atom. The number of hydrogen-bond acceptors (Lipinski definition) is 11. The van der Waals surface area contributed by atoms with Crippen molar-refractivity contribution in [1.82, 2.24) is 19.5 Å². The number of nitrogens with zero attached hydrogens (tertiary/aromatic N) is 3. The number of carbonyl (C=O) groups is 1. The predicted molar refractivity (Wildman–Crippen MR) is 209 cm³/mol. The Morgan fingerprint density at radius 1 is 1.00 bits per heavy atom. The minimum Gasteiger partial charge on any atom is -0.443 e. The summed E-state index contributed by atoms with van der Waals surface area (Å²) in [6.45, 7) is 7.55. The van der Waals surface area contributed by atoms with E-state index in [1.165, 1.54) is 21.2 Å². The molecular weight excluding hydrogens is 727 g/mol. The molecule has 3 aliphatic heterocycles. The molecule has 3 aromatic carbocycles. The van der Waals surface area contributed by atoms with E-state index in [0.717, 1.165) is 59.8 Å². The van der Waals surface area contributed by atoms with Gasteiger partial charge in [0.1, 0.15) is 6.10 Å². The van der Waals surface area contributed by atoms with Crippen molar-refractivity contribution in [3.05, 3.63) is 90.0 Å². The number of alkyl carbamates (subject to hydrolysis) is 1. The third-order valence-corrected chi connectivity index (χ3v) is 13.2. The predicted octanol–water partition coefficient (Wildman–Crippen LogP) is 5.48. The number of benzene rings is 3. The van der Waals surface area contributed by atoms with Gasteiger partial charge in [0.15, 0.2) is 11.4 Å². The summed E-state index contributed by atoms with van der Waals surface area (Å²) >= 11 is 1.45. The lowest BCUT2D eigenvalue weighted by Gasteiger charge is -2.32. The molecule has 14 heteroatoms. The highest BCUT2D eigenvalue weighted by molar-refractivity contribution is 7.89.